The van der Waals surface area contributed by atoms with E-state index in [9.17, 15) is 0 Å². The second-order valence-corrected chi connectivity index (χ2v) is 15.9. The Morgan fingerprint density at radius 3 is 0.716 bits per heavy atom. The number of fused-ring (bicyclic) bond motifs is 2. The molecular formula is C56H60Li4O14. The number of rotatable bonds is 16. The summed E-state index contributed by atoms with van der Waals surface area (Å²) in [5.74, 6) is 6.75. The first-order chi connectivity index (χ1) is 34.3. The first kappa shape index (κ1) is 63.5. The fourth-order valence-corrected chi connectivity index (χ4v) is 8.00. The van der Waals surface area contributed by atoms with E-state index in [4.69, 9.17) is 66.3 Å². The molecule has 0 aromatic heterocycles. The zero-order chi connectivity index (χ0) is 49.2. The Morgan fingerprint density at radius 2 is 0.527 bits per heavy atom. The normalized spacial score (nSPS) is 12.5. The number of benzene rings is 6. The van der Waals surface area contributed by atoms with Crippen molar-refractivity contribution in [2.75, 3.05) is 110 Å². The van der Waals surface area contributed by atoms with Gasteiger partial charge < -0.3 is 66.3 Å². The fourth-order valence-electron chi connectivity index (χ4n) is 8.00. The van der Waals surface area contributed by atoms with Crippen LogP contribution in [0.5, 0.6) is 69.0 Å². The summed E-state index contributed by atoms with van der Waals surface area (Å²) in [5.41, 5.74) is 7.92. The van der Waals surface area contributed by atoms with Crippen molar-refractivity contribution in [1.29, 1.82) is 0 Å². The molecule has 372 valence electrons. The maximum absolute atomic E-state index is 6.43. The molecule has 74 heavy (non-hydrogen) atoms. The van der Waals surface area contributed by atoms with Crippen molar-refractivity contribution in [3.8, 4) is 69.0 Å². The van der Waals surface area contributed by atoms with Crippen molar-refractivity contribution < 1.29 is 142 Å². The van der Waals surface area contributed by atoms with Gasteiger partial charge in [0.05, 0.1) is 83.3 Å². The minimum atomic E-state index is 0. The van der Waals surface area contributed by atoms with Crippen LogP contribution in [0.1, 0.15) is 44.5 Å². The Labute approximate surface area is 484 Å². The van der Waals surface area contributed by atoms with Crippen molar-refractivity contribution in [2.24, 2.45) is 0 Å². The molecule has 0 radical (unpaired) electrons. The fraction of sp³-hybridized carbons (Fsp3) is 0.357. The van der Waals surface area contributed by atoms with Crippen LogP contribution >= 0.6 is 0 Å². The Morgan fingerprint density at radius 1 is 0.311 bits per heavy atom. The molecule has 7 rings (SSSR count). The van der Waals surface area contributed by atoms with Crippen LogP contribution in [-0.4, -0.2) is 110 Å². The molecule has 1 aliphatic rings. The molecule has 0 unspecified atom stereocenters. The van der Waals surface area contributed by atoms with Crippen LogP contribution in [0.4, 0.5) is 0 Å². The van der Waals surface area contributed by atoms with Crippen molar-refractivity contribution in [3.63, 3.8) is 0 Å². The SMILES string of the molecule is COc1[c-]cc(Cc2cc3c(cc2Cc2c[c-]c(OC)c(OC)c2)OCCOCCOc2cc(Cc4c[c-]c(OC)c(OC)c4)c(Cc4c[c-]c(OC)c(OC)c4)cc2OCCOCCO3)cc1OC.[Li+].[Li+].[Li+].[Li+]. The molecule has 0 aliphatic carbocycles. The molecule has 0 amide bonds. The first-order valence-corrected chi connectivity index (χ1v) is 22.8. The van der Waals surface area contributed by atoms with Crippen LogP contribution in [0.15, 0.2) is 72.8 Å². The van der Waals surface area contributed by atoms with E-state index in [0.717, 1.165) is 44.5 Å². The minimum absolute atomic E-state index is 0. The summed E-state index contributed by atoms with van der Waals surface area (Å²) in [5, 5.41) is 0. The molecule has 14 nitrogen and oxygen atoms in total. The van der Waals surface area contributed by atoms with Gasteiger partial charge in [-0.3, -0.25) is 0 Å². The van der Waals surface area contributed by atoms with Crippen LogP contribution < -0.4 is 132 Å². The van der Waals surface area contributed by atoms with Crippen molar-refractivity contribution in [2.45, 2.75) is 25.7 Å². The van der Waals surface area contributed by atoms with Crippen LogP contribution in [-0.2, 0) is 35.2 Å². The third-order valence-electron chi connectivity index (χ3n) is 11.5. The smallest absolute Gasteiger partial charge is 0.551 e. The average Bonchev–Trinajstić information content (AvgIpc) is 3.39. The Hall–Kier alpha value is -4.77. The summed E-state index contributed by atoms with van der Waals surface area (Å²) in [6, 6.07) is 36.3. The molecule has 0 N–H and O–H groups in total. The molecule has 1 heterocycles. The maximum Gasteiger partial charge on any atom is 1.00 e. The Kier molecular flexibility index (Phi) is 28.0. The van der Waals surface area contributed by atoms with Gasteiger partial charge >= 0.3 is 75.4 Å². The van der Waals surface area contributed by atoms with Crippen LogP contribution in [0, 0.1) is 24.3 Å². The quantitative estimate of drug-likeness (QED) is 0.0707. The molecule has 0 saturated carbocycles. The second-order valence-electron chi connectivity index (χ2n) is 15.9. The van der Waals surface area contributed by atoms with Gasteiger partial charge in [-0.1, -0.05) is 0 Å². The van der Waals surface area contributed by atoms with E-state index in [-0.39, 0.29) is 102 Å². The summed E-state index contributed by atoms with van der Waals surface area (Å²) in [7, 11) is 12.8. The molecular weight excluding hydrogens is 924 g/mol. The van der Waals surface area contributed by atoms with Gasteiger partial charge in [0.25, 0.3) is 0 Å². The van der Waals surface area contributed by atoms with E-state index in [0.29, 0.717) is 121 Å². The maximum atomic E-state index is 6.43. The first-order valence-electron chi connectivity index (χ1n) is 22.8. The van der Waals surface area contributed by atoms with E-state index in [1.807, 2.05) is 72.8 Å². The van der Waals surface area contributed by atoms with Gasteiger partial charge in [-0.15, -0.1) is 70.8 Å². The van der Waals surface area contributed by atoms with Gasteiger partial charge in [0, 0.05) is 46.0 Å². The standard InChI is InChI=1S/C56H60O14.4Li/c1-57-45-13-9-37(29-49(45)61-5)25-41-33-53-54(34-42(41)26-38-10-14-46(58-2)50(30-38)62-6)68-22-18-66-20-24-70-56-36-44(28-40-12-16-48(60-4)52(32-40)64-8)43(35-55(56)69-23-19-65-17-21-67-53)27-39-11-15-47(59-3)51(31-39)63-7;;;;/h9-12,29-36H,17-28H2,1-8H3;;;;/q-4;4*+1. The third-order valence-corrected chi connectivity index (χ3v) is 11.5. The minimum Gasteiger partial charge on any atom is -0.551 e. The molecule has 0 atom stereocenters. The third kappa shape index (κ3) is 17.1. The molecule has 0 bridgehead atoms. The largest absolute Gasteiger partial charge is 1.00 e. The van der Waals surface area contributed by atoms with E-state index >= 15 is 0 Å². The predicted octanol–water partition coefficient (Wildman–Crippen LogP) is -3.40. The molecule has 0 saturated heterocycles. The van der Waals surface area contributed by atoms with Gasteiger partial charge in [0.15, 0.2) is 23.0 Å². The van der Waals surface area contributed by atoms with Crippen molar-refractivity contribution in [1.82, 2.24) is 0 Å². The summed E-state index contributed by atoms with van der Waals surface area (Å²) in [6.45, 7) is 2.18. The van der Waals surface area contributed by atoms with Crippen LogP contribution in [0.25, 0.3) is 0 Å². The zero-order valence-corrected chi connectivity index (χ0v) is 45.1. The Bertz CT molecular complexity index is 2310. The van der Waals surface area contributed by atoms with Gasteiger partial charge in [-0.2, -0.15) is 24.3 Å². The van der Waals surface area contributed by atoms with Gasteiger partial charge in [0.2, 0.25) is 0 Å². The van der Waals surface area contributed by atoms with E-state index in [2.05, 4.69) is 24.3 Å². The van der Waals surface area contributed by atoms with E-state index < -0.39 is 0 Å². The molecule has 0 fully saturated rings. The number of hydrogen-bond acceptors (Lipinski definition) is 14. The van der Waals surface area contributed by atoms with Crippen molar-refractivity contribution >= 4 is 0 Å². The van der Waals surface area contributed by atoms with Gasteiger partial charge in [-0.25, -0.2) is 0 Å². The average molecular weight is 985 g/mol. The predicted molar refractivity (Wildman–Crippen MR) is 261 cm³/mol. The monoisotopic (exact) mass is 984 g/mol. The molecule has 6 aromatic rings. The van der Waals surface area contributed by atoms with Gasteiger partial charge in [-0.05, 0) is 72.2 Å². The van der Waals surface area contributed by atoms with E-state index in [1.54, 1.807) is 56.9 Å². The van der Waals surface area contributed by atoms with E-state index in [1.165, 1.54) is 0 Å². The second kappa shape index (κ2) is 32.6. The molecule has 6 aromatic carbocycles. The van der Waals surface area contributed by atoms with Crippen LogP contribution in [0.3, 0.4) is 0 Å². The number of ether oxygens (including phenoxy) is 14. The molecule has 18 heteroatoms. The van der Waals surface area contributed by atoms with Crippen LogP contribution in [0.2, 0.25) is 0 Å². The number of hydrogen-bond donors (Lipinski definition) is 0. The molecule has 1 aliphatic heterocycles. The number of methoxy groups -OCH3 is 8. The van der Waals surface area contributed by atoms with Crippen molar-refractivity contribution in [3.05, 3.63) is 142 Å². The summed E-state index contributed by atoms with van der Waals surface area (Å²) in [4.78, 5) is 0. The topological polar surface area (TPSA) is 129 Å². The Balaban J connectivity index is 0.00000361. The summed E-state index contributed by atoms with van der Waals surface area (Å²) < 4.78 is 82.2. The summed E-state index contributed by atoms with van der Waals surface area (Å²) >= 11 is 0. The van der Waals surface area contributed by atoms with Gasteiger partial charge in [0.1, 0.15) is 26.4 Å². The zero-order valence-electron chi connectivity index (χ0n) is 45.1. The molecule has 0 spiro atoms. The summed E-state index contributed by atoms with van der Waals surface area (Å²) in [6.07, 6.45) is 2.18.